The highest BCUT2D eigenvalue weighted by Gasteiger charge is 1.86. The molecule has 0 radical (unpaired) electrons. The number of nitrogens with zero attached hydrogens (tertiary/aromatic N) is 3. The molecule has 106 valence electrons. The van der Waals surface area contributed by atoms with E-state index in [2.05, 4.69) is 23.9 Å². The van der Waals surface area contributed by atoms with Gasteiger partial charge in [0, 0.05) is 18.5 Å². The molecule has 0 N–H and O–H groups in total. The van der Waals surface area contributed by atoms with Gasteiger partial charge in [-0.2, -0.15) is 5.10 Å². The average molecular weight is 253 g/mol. The van der Waals surface area contributed by atoms with Crippen molar-refractivity contribution in [1.29, 1.82) is 0 Å². The minimum Gasteiger partial charge on any atom is -0.237 e. The molecule has 0 atom stereocenters. The first-order chi connectivity index (χ1) is 8.88. The van der Waals surface area contributed by atoms with E-state index < -0.39 is 0 Å². The molecule has 2 aromatic rings. The maximum atomic E-state index is 4.04. The Morgan fingerprint density at radius 1 is 0.944 bits per heavy atom. The molecule has 0 fully saturated rings. The highest BCUT2D eigenvalue weighted by molar-refractivity contribution is 5.33. The van der Waals surface area contributed by atoms with E-state index in [1.165, 1.54) is 6.42 Å². The molecule has 0 bridgehead atoms. The summed E-state index contributed by atoms with van der Waals surface area (Å²) < 4.78 is 1.72. The topological polar surface area (TPSA) is 30.2 Å². The number of hydrogen-bond acceptors (Lipinski definition) is 2. The van der Waals surface area contributed by atoms with Crippen molar-refractivity contribution in [3.63, 3.8) is 0 Å². The van der Waals surface area contributed by atoms with Crippen LogP contribution in [0.5, 0.6) is 0 Å². The third-order valence-electron chi connectivity index (χ3n) is 1.17. The van der Waals surface area contributed by atoms with Crippen molar-refractivity contribution in [3.8, 4) is 0 Å². The molecule has 0 aliphatic heterocycles. The van der Waals surface area contributed by atoms with Gasteiger partial charge in [0.25, 0.3) is 0 Å². The minimum absolute atomic E-state index is 0.887. The van der Waals surface area contributed by atoms with E-state index in [0.29, 0.717) is 0 Å². The zero-order valence-electron chi connectivity index (χ0n) is 13.4. The fourth-order valence-electron chi connectivity index (χ4n) is 0.764. The quantitative estimate of drug-likeness (QED) is 0.644. The summed E-state index contributed by atoms with van der Waals surface area (Å²) in [5, 5.41) is 3.97. The Kier molecular flexibility index (Phi) is 25.5. The highest BCUT2D eigenvalue weighted by Crippen LogP contribution is 1.93. The lowest BCUT2D eigenvalue weighted by Gasteiger charge is -1.85. The standard InChI is InChI=1S/C6H5N3.C3H8.3C2H6/c1-3-7-6-2-4-8-9(6)5-1;1-3-2;3*1-2/h1-5H;3H2,1-2H3;3*1-2H3. The lowest BCUT2D eigenvalue weighted by Crippen LogP contribution is -1.85. The van der Waals surface area contributed by atoms with Crippen LogP contribution in [0.25, 0.3) is 5.65 Å². The van der Waals surface area contributed by atoms with Gasteiger partial charge in [0.2, 0.25) is 0 Å². The second-order valence-corrected chi connectivity index (χ2v) is 2.46. The fraction of sp³-hybridized carbons (Fsp3) is 0.600. The number of fused-ring (bicyclic) bond motifs is 1. The highest BCUT2D eigenvalue weighted by atomic mass is 15.2. The third-order valence-corrected chi connectivity index (χ3v) is 1.17. The van der Waals surface area contributed by atoms with Crippen molar-refractivity contribution in [1.82, 2.24) is 14.6 Å². The largest absolute Gasteiger partial charge is 0.237 e. The number of rotatable bonds is 0. The molecule has 0 unspecified atom stereocenters. The first-order valence-corrected chi connectivity index (χ1v) is 7.12. The van der Waals surface area contributed by atoms with E-state index in [1.807, 2.05) is 59.9 Å². The summed E-state index contributed by atoms with van der Waals surface area (Å²) in [6.45, 7) is 16.2. The van der Waals surface area contributed by atoms with Crippen LogP contribution in [0.3, 0.4) is 0 Å². The van der Waals surface area contributed by atoms with Crippen molar-refractivity contribution in [2.24, 2.45) is 0 Å². The van der Waals surface area contributed by atoms with Crippen LogP contribution < -0.4 is 0 Å². The van der Waals surface area contributed by atoms with Crippen molar-refractivity contribution >= 4 is 5.65 Å². The van der Waals surface area contributed by atoms with Crippen LogP contribution >= 0.6 is 0 Å². The molecule has 2 heterocycles. The summed E-state index contributed by atoms with van der Waals surface area (Å²) >= 11 is 0. The van der Waals surface area contributed by atoms with Crippen LogP contribution in [0.1, 0.15) is 61.8 Å². The minimum atomic E-state index is 0.887. The molecular weight excluding hydrogens is 222 g/mol. The molecule has 18 heavy (non-hydrogen) atoms. The van der Waals surface area contributed by atoms with Gasteiger partial charge in [-0.3, -0.25) is 0 Å². The molecule has 2 rings (SSSR count). The SMILES string of the molecule is CC.CC.CC.CCC.c1cnc2ccnn2c1. The first kappa shape index (κ1) is 21.9. The van der Waals surface area contributed by atoms with Gasteiger partial charge in [0.1, 0.15) is 0 Å². The van der Waals surface area contributed by atoms with E-state index in [1.54, 1.807) is 16.9 Å². The monoisotopic (exact) mass is 253 g/mol. The first-order valence-electron chi connectivity index (χ1n) is 7.12. The Balaban J connectivity index is -0.000000215. The smallest absolute Gasteiger partial charge is 0.154 e. The third kappa shape index (κ3) is 11.1. The predicted octanol–water partition coefficient (Wildman–Crippen LogP) is 5.22. The van der Waals surface area contributed by atoms with Crippen molar-refractivity contribution < 1.29 is 0 Å². The van der Waals surface area contributed by atoms with Crippen molar-refractivity contribution in [3.05, 3.63) is 30.7 Å². The molecule has 3 heteroatoms. The van der Waals surface area contributed by atoms with Gasteiger partial charge in [0.05, 0.1) is 6.20 Å². The van der Waals surface area contributed by atoms with Crippen LogP contribution in [0.2, 0.25) is 0 Å². The second kappa shape index (κ2) is 21.0. The van der Waals surface area contributed by atoms with Gasteiger partial charge in [-0.1, -0.05) is 61.8 Å². The zero-order valence-corrected chi connectivity index (χ0v) is 13.4. The maximum absolute atomic E-state index is 4.04. The van der Waals surface area contributed by atoms with E-state index >= 15 is 0 Å². The van der Waals surface area contributed by atoms with Gasteiger partial charge < -0.3 is 0 Å². The van der Waals surface area contributed by atoms with Gasteiger partial charge in [-0.25, -0.2) is 9.50 Å². The van der Waals surface area contributed by atoms with E-state index in [-0.39, 0.29) is 0 Å². The molecule has 0 aliphatic carbocycles. The maximum Gasteiger partial charge on any atom is 0.154 e. The molecule has 0 spiro atoms. The molecule has 0 aliphatic rings. The molecule has 0 saturated carbocycles. The zero-order chi connectivity index (χ0) is 14.8. The van der Waals surface area contributed by atoms with E-state index in [0.717, 1.165) is 5.65 Å². The summed E-state index contributed by atoms with van der Waals surface area (Å²) in [6.07, 6.45) is 6.59. The summed E-state index contributed by atoms with van der Waals surface area (Å²) in [5.74, 6) is 0. The van der Waals surface area contributed by atoms with Gasteiger partial charge in [-0.15, -0.1) is 0 Å². The Hall–Kier alpha value is -1.38. The van der Waals surface area contributed by atoms with E-state index in [4.69, 9.17) is 0 Å². The molecular formula is C15H31N3. The Labute approximate surface area is 113 Å². The summed E-state index contributed by atoms with van der Waals surface area (Å²) in [4.78, 5) is 4.04. The molecule has 2 aromatic heterocycles. The number of hydrogen-bond donors (Lipinski definition) is 0. The van der Waals surface area contributed by atoms with Gasteiger partial charge in [-0.05, 0) is 6.07 Å². The predicted molar refractivity (Wildman–Crippen MR) is 83.0 cm³/mol. The molecule has 0 saturated heterocycles. The normalized spacial score (nSPS) is 7.11. The molecule has 0 aromatic carbocycles. The molecule has 0 amide bonds. The Bertz CT molecular complexity index is 299. The average Bonchev–Trinajstić information content (AvgIpc) is 2.95. The molecule has 3 nitrogen and oxygen atoms in total. The summed E-state index contributed by atoms with van der Waals surface area (Å²) in [5.41, 5.74) is 0.887. The van der Waals surface area contributed by atoms with Crippen molar-refractivity contribution in [2.75, 3.05) is 0 Å². The number of aromatic nitrogens is 3. The summed E-state index contributed by atoms with van der Waals surface area (Å²) in [7, 11) is 0. The van der Waals surface area contributed by atoms with E-state index in [9.17, 15) is 0 Å². The Morgan fingerprint density at radius 3 is 1.89 bits per heavy atom. The lowest BCUT2D eigenvalue weighted by molar-refractivity contribution is 0.939. The van der Waals surface area contributed by atoms with Crippen LogP contribution in [-0.4, -0.2) is 14.6 Å². The Morgan fingerprint density at radius 2 is 1.44 bits per heavy atom. The summed E-state index contributed by atoms with van der Waals surface area (Å²) in [6, 6.07) is 3.71. The van der Waals surface area contributed by atoms with Crippen LogP contribution in [0, 0.1) is 0 Å². The fourth-order valence-corrected chi connectivity index (χ4v) is 0.764. The second-order valence-electron chi connectivity index (χ2n) is 2.46. The van der Waals surface area contributed by atoms with Gasteiger partial charge >= 0.3 is 0 Å². The van der Waals surface area contributed by atoms with Crippen LogP contribution in [-0.2, 0) is 0 Å². The van der Waals surface area contributed by atoms with Crippen LogP contribution in [0.4, 0.5) is 0 Å². The lowest BCUT2D eigenvalue weighted by atomic mass is 10.6. The van der Waals surface area contributed by atoms with Gasteiger partial charge in [0.15, 0.2) is 5.65 Å². The van der Waals surface area contributed by atoms with Crippen LogP contribution in [0.15, 0.2) is 30.7 Å². The van der Waals surface area contributed by atoms with Crippen molar-refractivity contribution in [2.45, 2.75) is 61.8 Å².